The van der Waals surface area contributed by atoms with E-state index in [1.165, 1.54) is 0 Å². The number of rotatable bonds is 21. The topological polar surface area (TPSA) is 73.8 Å². The van der Waals surface area contributed by atoms with Crippen LogP contribution >= 0.6 is 7.72 Å². The molecule has 0 aromatic heterocycles. The van der Waals surface area contributed by atoms with Crippen molar-refractivity contribution in [1.29, 1.82) is 0 Å². The van der Waals surface area contributed by atoms with E-state index >= 15 is 0 Å². The van der Waals surface area contributed by atoms with Crippen LogP contribution in [0, 0.1) is 0 Å². The molecule has 9 heteroatoms. The Labute approximate surface area is 181 Å². The Balaban J connectivity index is 2.25. The summed E-state index contributed by atoms with van der Waals surface area (Å²) in [5.41, 5.74) is 0. The molecular weight excluding hydrogens is 411 g/mol. The number of methoxy groups -OCH3 is 2. The summed E-state index contributed by atoms with van der Waals surface area (Å²) in [6.45, 7) is 8.41. The maximum atomic E-state index is 6.17. The summed E-state index contributed by atoms with van der Waals surface area (Å²) in [5, 5.41) is 1.08. The molecule has 0 spiro atoms. The monoisotopic (exact) mass is 450 g/mol. The molecule has 1 rings (SSSR count). The molecule has 1 aromatic rings. The van der Waals surface area contributed by atoms with Gasteiger partial charge < -0.3 is 0 Å². The molecule has 0 unspecified atom stereocenters. The normalized spacial score (nSPS) is 12.4. The average Bonchev–Trinajstić information content (AvgIpc) is 2.77. The molecule has 176 valence electrons. The molecule has 0 heterocycles. The fourth-order valence-electron chi connectivity index (χ4n) is 2.47. The van der Waals surface area contributed by atoms with Gasteiger partial charge in [-0.15, -0.1) is 0 Å². The van der Waals surface area contributed by atoms with Gasteiger partial charge >= 0.3 is 181 Å². The fourth-order valence-corrected chi connectivity index (χ4v) is 4.63. The number of hydrogen-bond donors (Lipinski definition) is 0. The van der Waals surface area contributed by atoms with Crippen molar-refractivity contribution in [3.63, 3.8) is 0 Å². The van der Waals surface area contributed by atoms with Gasteiger partial charge in [0.25, 0.3) is 0 Å². The van der Waals surface area contributed by atoms with Gasteiger partial charge in [0.1, 0.15) is 0 Å². The fraction of sp³-hybridized carbons (Fsp3) is 0.714. The van der Waals surface area contributed by atoms with Crippen LogP contribution in [0.15, 0.2) is 30.3 Å². The third-order valence-electron chi connectivity index (χ3n) is 4.12. The third-order valence-corrected chi connectivity index (χ3v) is 7.01. The van der Waals surface area contributed by atoms with E-state index in [9.17, 15) is 0 Å². The zero-order chi connectivity index (χ0) is 21.8. The van der Waals surface area contributed by atoms with Gasteiger partial charge in [-0.05, 0) is 0 Å². The summed E-state index contributed by atoms with van der Waals surface area (Å²) < 4.78 is 44.1. The number of benzene rings is 1. The summed E-state index contributed by atoms with van der Waals surface area (Å²) >= 11 is 0. The first-order chi connectivity index (χ1) is 14.7. The third kappa shape index (κ3) is 13.6. The molecule has 0 bridgehead atoms. The first kappa shape index (κ1) is 27.4. The molecule has 0 atom stereocenters. The van der Waals surface area contributed by atoms with Crippen LogP contribution in [0.25, 0.3) is 0 Å². The Kier molecular flexibility index (Phi) is 17.4. The van der Waals surface area contributed by atoms with E-state index in [2.05, 4.69) is 0 Å². The van der Waals surface area contributed by atoms with Crippen LogP contribution in [0.5, 0.6) is 0 Å². The Morgan fingerprint density at radius 2 is 0.900 bits per heavy atom. The van der Waals surface area contributed by atoms with Crippen molar-refractivity contribution < 1.29 is 37.5 Å². The summed E-state index contributed by atoms with van der Waals surface area (Å²) in [4.78, 5) is 0. The molecule has 8 nitrogen and oxygen atoms in total. The molecule has 0 aliphatic carbocycles. The number of hydrogen-bond acceptors (Lipinski definition) is 8. The predicted molar refractivity (Wildman–Crippen MR) is 119 cm³/mol. The second-order valence-corrected chi connectivity index (χ2v) is 9.49. The van der Waals surface area contributed by atoms with Crippen molar-refractivity contribution in [3.05, 3.63) is 30.3 Å². The minimum atomic E-state index is -2.55. The van der Waals surface area contributed by atoms with Crippen molar-refractivity contribution in [2.45, 2.75) is 0 Å². The van der Waals surface area contributed by atoms with Crippen molar-refractivity contribution >= 4 is 13.0 Å². The summed E-state index contributed by atoms with van der Waals surface area (Å²) in [6, 6.07) is 10.1. The Hall–Kier alpha value is -0.670. The Bertz CT molecular complexity index is 469. The second kappa shape index (κ2) is 19.0. The second-order valence-electron chi connectivity index (χ2n) is 6.44. The molecule has 0 saturated heterocycles. The zero-order valence-corrected chi connectivity index (χ0v) is 19.6. The Morgan fingerprint density at radius 3 is 1.30 bits per heavy atom. The van der Waals surface area contributed by atoms with E-state index in [-0.39, 0.29) is 0 Å². The van der Waals surface area contributed by atoms with Gasteiger partial charge in [0.15, 0.2) is 0 Å². The maximum absolute atomic E-state index is 6.17. The van der Waals surface area contributed by atoms with Crippen LogP contribution in [-0.4, -0.2) is 100 Å². The van der Waals surface area contributed by atoms with Crippen LogP contribution in [0.2, 0.25) is 0 Å². The predicted octanol–water partition coefficient (Wildman–Crippen LogP) is 1.91. The van der Waals surface area contributed by atoms with E-state index in [4.69, 9.17) is 37.5 Å². The molecule has 0 fully saturated rings. The van der Waals surface area contributed by atoms with Crippen molar-refractivity contribution in [2.75, 3.05) is 100 Å². The zero-order valence-electron chi connectivity index (χ0n) is 18.6. The van der Waals surface area contributed by atoms with Gasteiger partial charge in [-0.2, -0.15) is 0 Å². The van der Waals surface area contributed by atoms with Gasteiger partial charge in [0, 0.05) is 0 Å². The van der Waals surface area contributed by atoms with Crippen molar-refractivity contribution in [3.8, 4) is 0 Å². The quantitative estimate of drug-likeness (QED) is 0.208. The molecule has 0 aliphatic heterocycles. The van der Waals surface area contributed by atoms with E-state index in [0.717, 1.165) is 5.30 Å². The van der Waals surface area contributed by atoms with Gasteiger partial charge in [0.2, 0.25) is 0 Å². The van der Waals surface area contributed by atoms with E-state index < -0.39 is 7.72 Å². The van der Waals surface area contributed by atoms with Crippen LogP contribution in [0.3, 0.4) is 0 Å². The SMILES string of the molecule is COCCOCCOCCO[PH](C)(OCCOCCOCCOC)c1ccccc1. The van der Waals surface area contributed by atoms with Crippen molar-refractivity contribution in [2.24, 2.45) is 0 Å². The van der Waals surface area contributed by atoms with Gasteiger partial charge in [-0.1, -0.05) is 0 Å². The first-order valence-corrected chi connectivity index (χ1v) is 12.7. The van der Waals surface area contributed by atoms with Gasteiger partial charge in [-0.25, -0.2) is 0 Å². The van der Waals surface area contributed by atoms with Crippen LogP contribution in [0.4, 0.5) is 0 Å². The van der Waals surface area contributed by atoms with Crippen LogP contribution in [-0.2, 0) is 37.5 Å². The first-order valence-electron chi connectivity index (χ1n) is 10.3. The minimum absolute atomic E-state index is 0.462. The van der Waals surface area contributed by atoms with Crippen LogP contribution < -0.4 is 5.30 Å². The average molecular weight is 451 g/mol. The van der Waals surface area contributed by atoms with Gasteiger partial charge in [-0.3, -0.25) is 0 Å². The van der Waals surface area contributed by atoms with Crippen molar-refractivity contribution in [1.82, 2.24) is 0 Å². The summed E-state index contributed by atoms with van der Waals surface area (Å²) in [6.07, 6.45) is 0. The molecular formula is C21H39O8P. The summed E-state index contributed by atoms with van der Waals surface area (Å²) in [7, 11) is 0.748. The van der Waals surface area contributed by atoms with E-state index in [1.807, 2.05) is 37.0 Å². The Morgan fingerprint density at radius 1 is 0.533 bits per heavy atom. The molecule has 0 N–H and O–H groups in total. The molecule has 0 aliphatic rings. The van der Waals surface area contributed by atoms with E-state index in [0.29, 0.717) is 79.3 Å². The van der Waals surface area contributed by atoms with Gasteiger partial charge in [0.05, 0.1) is 0 Å². The summed E-state index contributed by atoms with van der Waals surface area (Å²) in [5.74, 6) is 0. The molecule has 0 amide bonds. The molecule has 0 saturated carbocycles. The molecule has 1 aromatic carbocycles. The standard InChI is InChI=1S/C21H39O8P/c1-22-9-11-24-13-15-26-17-19-28-30(3,21-7-5-4-6-8-21)29-20-18-27-16-14-25-12-10-23-2/h4-8,30H,9-20H2,1-3H3. The molecule has 30 heavy (non-hydrogen) atoms. The molecule has 0 radical (unpaired) electrons. The number of ether oxygens (including phenoxy) is 6. The van der Waals surface area contributed by atoms with Crippen LogP contribution in [0.1, 0.15) is 0 Å². The van der Waals surface area contributed by atoms with E-state index in [1.54, 1.807) is 14.2 Å².